The van der Waals surface area contributed by atoms with Gasteiger partial charge in [-0.3, -0.25) is 9.59 Å². The molecule has 2 heterocycles. The summed E-state index contributed by atoms with van der Waals surface area (Å²) in [7, 11) is 0. The summed E-state index contributed by atoms with van der Waals surface area (Å²) >= 11 is 1.32. The molecule has 0 radical (unpaired) electrons. The zero-order valence-electron chi connectivity index (χ0n) is 14.9. The molecule has 1 aromatic carbocycles. The number of rotatable bonds is 4. The molecule has 0 bridgehead atoms. The van der Waals surface area contributed by atoms with E-state index in [4.69, 9.17) is 9.47 Å². The highest BCUT2D eigenvalue weighted by molar-refractivity contribution is 7.14. The van der Waals surface area contributed by atoms with Crippen molar-refractivity contribution in [2.24, 2.45) is 5.41 Å². The summed E-state index contributed by atoms with van der Waals surface area (Å²) in [6, 6.07) is 5.62. The van der Waals surface area contributed by atoms with Crippen molar-refractivity contribution in [1.29, 1.82) is 0 Å². The van der Waals surface area contributed by atoms with Crippen molar-refractivity contribution in [3.8, 4) is 22.8 Å². The highest BCUT2D eigenvalue weighted by atomic mass is 32.1. The smallest absolute Gasteiger partial charge is 0.245 e. The number of carbonyl (C=O) groups is 2. The van der Waals surface area contributed by atoms with Crippen molar-refractivity contribution >= 4 is 28.3 Å². The van der Waals surface area contributed by atoms with E-state index in [0.717, 1.165) is 17.0 Å². The quantitative estimate of drug-likeness (QED) is 0.858. The van der Waals surface area contributed by atoms with Crippen molar-refractivity contribution in [2.75, 3.05) is 25.1 Å². The lowest BCUT2D eigenvalue weighted by atomic mass is 9.96. The summed E-state index contributed by atoms with van der Waals surface area (Å²) in [5.41, 5.74) is 1.08. The summed E-state index contributed by atoms with van der Waals surface area (Å²) in [6.45, 7) is 6.36. The maximum atomic E-state index is 12.0. The Hall–Kier alpha value is -2.61. The van der Waals surface area contributed by atoms with Crippen LogP contribution in [0.3, 0.4) is 0 Å². The van der Waals surface area contributed by atoms with Gasteiger partial charge in [0.15, 0.2) is 16.6 Å². The Balaban J connectivity index is 1.61. The molecule has 0 spiro atoms. The molecule has 26 heavy (non-hydrogen) atoms. The number of amides is 2. The molecule has 138 valence electrons. The average Bonchev–Trinajstić information content (AvgIpc) is 3.06. The molecule has 0 aliphatic carbocycles. The first-order valence-electron chi connectivity index (χ1n) is 8.26. The van der Waals surface area contributed by atoms with Gasteiger partial charge < -0.3 is 20.1 Å². The summed E-state index contributed by atoms with van der Waals surface area (Å²) < 4.78 is 11.1. The van der Waals surface area contributed by atoms with Crippen molar-refractivity contribution in [3.63, 3.8) is 0 Å². The molecule has 1 aliphatic rings. The first-order valence-corrected chi connectivity index (χ1v) is 9.14. The molecule has 3 rings (SSSR count). The van der Waals surface area contributed by atoms with Gasteiger partial charge >= 0.3 is 0 Å². The summed E-state index contributed by atoms with van der Waals surface area (Å²) in [4.78, 5) is 28.2. The number of hydrogen-bond donors (Lipinski definition) is 2. The minimum Gasteiger partial charge on any atom is -0.486 e. The number of carbonyl (C=O) groups excluding carboxylic acids is 2. The summed E-state index contributed by atoms with van der Waals surface area (Å²) in [5.74, 6) is 0.921. The zero-order chi connectivity index (χ0) is 18.7. The van der Waals surface area contributed by atoms with Crippen LogP contribution < -0.4 is 20.1 Å². The number of aromatic nitrogens is 1. The van der Waals surface area contributed by atoms with Crippen molar-refractivity contribution in [2.45, 2.75) is 20.8 Å². The molecule has 8 heteroatoms. The van der Waals surface area contributed by atoms with Crippen LogP contribution >= 0.6 is 11.3 Å². The second-order valence-corrected chi connectivity index (χ2v) is 7.74. The van der Waals surface area contributed by atoms with Crippen LogP contribution in [0.2, 0.25) is 0 Å². The number of nitrogens with zero attached hydrogens (tertiary/aromatic N) is 1. The minimum atomic E-state index is -0.535. The van der Waals surface area contributed by atoms with Gasteiger partial charge in [0.2, 0.25) is 11.8 Å². The Kier molecular flexibility index (Phi) is 5.13. The normalized spacial score (nSPS) is 13.2. The Labute approximate surface area is 155 Å². The first kappa shape index (κ1) is 18.2. The second kappa shape index (κ2) is 7.33. The molecule has 2 aromatic rings. The molecule has 0 saturated carbocycles. The van der Waals surface area contributed by atoms with E-state index in [2.05, 4.69) is 15.6 Å². The fourth-order valence-corrected chi connectivity index (χ4v) is 2.99. The molecular weight excluding hydrogens is 354 g/mol. The number of fused-ring (bicyclic) bond motifs is 1. The molecular formula is C18H21N3O4S. The van der Waals surface area contributed by atoms with Crippen LogP contribution in [-0.4, -0.2) is 36.6 Å². The van der Waals surface area contributed by atoms with E-state index in [1.54, 1.807) is 20.8 Å². The molecule has 1 aromatic heterocycles. The summed E-state index contributed by atoms with van der Waals surface area (Å²) in [6.07, 6.45) is 0. The van der Waals surface area contributed by atoms with Crippen molar-refractivity contribution in [1.82, 2.24) is 10.3 Å². The molecule has 2 amide bonds. The number of nitrogens with one attached hydrogen (secondary N) is 2. The van der Waals surface area contributed by atoms with Crippen molar-refractivity contribution < 1.29 is 19.1 Å². The molecule has 0 fully saturated rings. The van der Waals surface area contributed by atoms with E-state index in [0.29, 0.717) is 24.1 Å². The summed E-state index contributed by atoms with van der Waals surface area (Å²) in [5, 5.41) is 7.64. The van der Waals surface area contributed by atoms with Gasteiger partial charge in [0.05, 0.1) is 12.2 Å². The fourth-order valence-electron chi connectivity index (χ4n) is 2.26. The number of thiazole rings is 1. The predicted octanol–water partition coefficient (Wildman–Crippen LogP) is 2.68. The lowest BCUT2D eigenvalue weighted by molar-refractivity contribution is -0.130. The number of anilines is 1. The topological polar surface area (TPSA) is 89.6 Å². The van der Waals surface area contributed by atoms with E-state index in [1.165, 1.54) is 11.3 Å². The number of ether oxygens (including phenoxy) is 2. The number of hydrogen-bond acceptors (Lipinski definition) is 6. The van der Waals surface area contributed by atoms with Gasteiger partial charge in [0.25, 0.3) is 0 Å². The van der Waals surface area contributed by atoms with Gasteiger partial charge in [-0.15, -0.1) is 11.3 Å². The van der Waals surface area contributed by atoms with Crippen LogP contribution in [0.15, 0.2) is 23.6 Å². The van der Waals surface area contributed by atoms with Crippen molar-refractivity contribution in [3.05, 3.63) is 23.6 Å². The SMILES string of the molecule is CC(C)(C)C(=O)NCC(=O)Nc1nc(-c2ccc3c(c2)OCCO3)cs1. The third-order valence-electron chi connectivity index (χ3n) is 3.68. The molecule has 0 atom stereocenters. The van der Waals surface area contributed by atoms with Gasteiger partial charge in [0.1, 0.15) is 13.2 Å². The predicted molar refractivity (Wildman–Crippen MR) is 99.6 cm³/mol. The Bertz CT molecular complexity index is 826. The molecule has 0 saturated heterocycles. The van der Waals surface area contributed by atoms with E-state index in [1.807, 2.05) is 23.6 Å². The standard InChI is InChI=1S/C18H21N3O4S/c1-18(2,3)16(23)19-9-15(22)21-17-20-12(10-26-17)11-4-5-13-14(8-11)25-7-6-24-13/h4-5,8,10H,6-7,9H2,1-3H3,(H,19,23)(H,20,21,22). The maximum Gasteiger partial charge on any atom is 0.245 e. The highest BCUT2D eigenvalue weighted by Gasteiger charge is 2.21. The third kappa shape index (κ3) is 4.32. The van der Waals surface area contributed by atoms with Gasteiger partial charge in [-0.25, -0.2) is 4.98 Å². The van der Waals surface area contributed by atoms with Crippen LogP contribution in [0, 0.1) is 5.41 Å². The van der Waals surface area contributed by atoms with Gasteiger partial charge in [-0.1, -0.05) is 20.8 Å². The Morgan fingerprint density at radius 3 is 2.65 bits per heavy atom. The van der Waals surface area contributed by atoms with E-state index < -0.39 is 5.41 Å². The first-order chi connectivity index (χ1) is 12.3. The molecule has 0 unspecified atom stereocenters. The monoisotopic (exact) mass is 375 g/mol. The van der Waals surface area contributed by atoms with E-state index in [-0.39, 0.29) is 18.4 Å². The second-order valence-electron chi connectivity index (χ2n) is 6.88. The van der Waals surface area contributed by atoms with Gasteiger partial charge in [-0.2, -0.15) is 0 Å². The van der Waals surface area contributed by atoms with E-state index >= 15 is 0 Å². The largest absolute Gasteiger partial charge is 0.486 e. The minimum absolute atomic E-state index is 0.0883. The van der Waals surface area contributed by atoms with Crippen LogP contribution in [0.5, 0.6) is 11.5 Å². The lowest BCUT2D eigenvalue weighted by Gasteiger charge is -2.18. The average molecular weight is 375 g/mol. The molecule has 7 nitrogen and oxygen atoms in total. The Morgan fingerprint density at radius 2 is 1.92 bits per heavy atom. The maximum absolute atomic E-state index is 12.0. The fraction of sp³-hybridized carbons (Fsp3) is 0.389. The van der Waals surface area contributed by atoms with Gasteiger partial charge in [0, 0.05) is 16.4 Å². The van der Waals surface area contributed by atoms with Gasteiger partial charge in [-0.05, 0) is 18.2 Å². The van der Waals surface area contributed by atoms with Crippen LogP contribution in [0.25, 0.3) is 11.3 Å². The van der Waals surface area contributed by atoms with E-state index in [9.17, 15) is 9.59 Å². The Morgan fingerprint density at radius 1 is 1.19 bits per heavy atom. The highest BCUT2D eigenvalue weighted by Crippen LogP contribution is 2.35. The molecule has 1 aliphatic heterocycles. The third-order valence-corrected chi connectivity index (χ3v) is 4.44. The van der Waals surface area contributed by atoms with Crippen LogP contribution in [0.4, 0.5) is 5.13 Å². The lowest BCUT2D eigenvalue weighted by Crippen LogP contribution is -2.39. The molecule has 2 N–H and O–H groups in total. The zero-order valence-corrected chi connectivity index (χ0v) is 15.7. The van der Waals surface area contributed by atoms with Crippen LogP contribution in [-0.2, 0) is 9.59 Å². The number of benzene rings is 1. The van der Waals surface area contributed by atoms with Crippen LogP contribution in [0.1, 0.15) is 20.8 Å².